The number of allylic oxidation sites excluding steroid dienone is 1. The van der Waals surface area contributed by atoms with E-state index in [1.54, 1.807) is 0 Å². The van der Waals surface area contributed by atoms with E-state index in [0.29, 0.717) is 37.8 Å². The molecule has 0 saturated heterocycles. The Hall–Kier alpha value is -3.89. The highest BCUT2D eigenvalue weighted by Gasteiger charge is 2.71. The molecule has 0 spiro atoms. The quantitative estimate of drug-likeness (QED) is 0.146. The van der Waals surface area contributed by atoms with Crippen molar-refractivity contribution < 1.29 is 29.3 Å². The van der Waals surface area contributed by atoms with Gasteiger partial charge in [-0.05, 0) is 145 Å². The lowest BCUT2D eigenvalue weighted by atomic mass is 9.33. The Labute approximate surface area is 374 Å². The number of ketones is 1. The van der Waals surface area contributed by atoms with E-state index in [4.69, 9.17) is 9.72 Å². The number of carbonyl (C=O) groups is 3. The van der Waals surface area contributed by atoms with E-state index in [-0.39, 0.29) is 57.3 Å². The summed E-state index contributed by atoms with van der Waals surface area (Å²) in [5.74, 6) is 0.257. The van der Waals surface area contributed by atoms with Gasteiger partial charge in [-0.2, -0.15) is 0 Å². The molecular weight excluding hydrogens is 789 g/mol. The summed E-state index contributed by atoms with van der Waals surface area (Å²) < 4.78 is 6.44. The third kappa shape index (κ3) is 6.55. The largest absolute Gasteiger partial charge is 0.481 e. The Morgan fingerprint density at radius 2 is 1.67 bits per heavy atom. The second-order valence-corrected chi connectivity index (χ2v) is 23.4. The van der Waals surface area contributed by atoms with Crippen LogP contribution in [0.5, 0.6) is 0 Å². The van der Waals surface area contributed by atoms with Crippen molar-refractivity contribution in [3.05, 3.63) is 58.9 Å². The van der Waals surface area contributed by atoms with Crippen molar-refractivity contribution >= 4 is 28.8 Å². The molecule has 9 rings (SSSR count). The summed E-state index contributed by atoms with van der Waals surface area (Å²) in [7, 11) is 0. The van der Waals surface area contributed by atoms with Gasteiger partial charge in [0.1, 0.15) is 11.9 Å². The van der Waals surface area contributed by atoms with Gasteiger partial charge in [-0.3, -0.25) is 19.4 Å². The zero-order chi connectivity index (χ0) is 45.2. The monoisotopic (exact) mass is 861 g/mol. The summed E-state index contributed by atoms with van der Waals surface area (Å²) in [5, 5.41) is 25.8. The van der Waals surface area contributed by atoms with Crippen LogP contribution in [-0.2, 0) is 25.7 Å². The summed E-state index contributed by atoms with van der Waals surface area (Å²) in [5.41, 5.74) is 5.82. The van der Waals surface area contributed by atoms with Crippen LogP contribution in [-0.4, -0.2) is 61.6 Å². The third-order valence-corrected chi connectivity index (χ3v) is 19.6. The van der Waals surface area contributed by atoms with Crippen LogP contribution in [0, 0.1) is 74.9 Å². The predicted molar refractivity (Wildman–Crippen MR) is 244 cm³/mol. The van der Waals surface area contributed by atoms with Crippen LogP contribution in [0.2, 0.25) is 0 Å². The van der Waals surface area contributed by atoms with Gasteiger partial charge in [0.25, 0.3) is 0 Å². The van der Waals surface area contributed by atoms with E-state index in [9.17, 15) is 24.6 Å². The number of aliphatic hydroxyl groups excluding tert-OH is 1. The molecule has 2 heterocycles. The molecule has 5 fully saturated rings. The van der Waals surface area contributed by atoms with E-state index in [1.165, 1.54) is 5.57 Å². The van der Waals surface area contributed by atoms with Crippen LogP contribution in [0.3, 0.4) is 0 Å². The van der Waals surface area contributed by atoms with Crippen molar-refractivity contribution in [3.63, 3.8) is 0 Å². The predicted octanol–water partition coefficient (Wildman–Crippen LogP) is 10.0. The summed E-state index contributed by atoms with van der Waals surface area (Å²) in [6.45, 7) is 23.4. The normalized spacial score (nSPS) is 37.1. The summed E-state index contributed by atoms with van der Waals surface area (Å²) in [6, 6.07) is 10.3. The molecule has 11 atom stereocenters. The fraction of sp³-hybridized carbons (Fsp3) is 0.679. The molecular formula is C53H72N4O6. The maximum absolute atomic E-state index is 14.3. The number of carboxylic acids is 1. The van der Waals surface area contributed by atoms with Crippen molar-refractivity contribution in [1.29, 1.82) is 0 Å². The van der Waals surface area contributed by atoms with Crippen molar-refractivity contribution in [1.82, 2.24) is 20.3 Å². The van der Waals surface area contributed by atoms with Crippen molar-refractivity contribution in [3.8, 4) is 11.4 Å². The first-order valence-electron chi connectivity index (χ1n) is 24.1. The fourth-order valence-corrected chi connectivity index (χ4v) is 15.7. The summed E-state index contributed by atoms with van der Waals surface area (Å²) in [6.07, 6.45) is 9.56. The number of imidazole rings is 1. The number of hydrogen-bond acceptors (Lipinski definition) is 8. The van der Waals surface area contributed by atoms with Gasteiger partial charge in [0.05, 0.1) is 29.0 Å². The Bertz CT molecular complexity index is 2360. The molecule has 6 aliphatic carbocycles. The summed E-state index contributed by atoms with van der Waals surface area (Å²) in [4.78, 5) is 52.5. The standard InChI is InChI=1S/C53H72N4O6/c1-29(2)43-38(58)25-53(41(59)28-54-26-31-12-15-36-37(23-31)57-45(56-36)32-13-11-30(3)55-27-32)22-21-51(9)33(44(43)53)14-16-40-50(8)19-18-42(49(6,7)39(50)17-20-52(40,51)10)63-47(62)35-24-34(46(60)61)48(35,4)5/h11-13,15,23,27,29,33-35,39-42,54,59H,14,16-22,24-26,28H2,1-10H3,(H,56,57)(H,60,61)/t33-,34+,35-,39+,40-,41+,42+,50+,51-,52-,53+/m1/s1. The number of aromatic amines is 1. The van der Waals surface area contributed by atoms with Gasteiger partial charge in [0.2, 0.25) is 0 Å². The molecule has 0 amide bonds. The van der Waals surface area contributed by atoms with Gasteiger partial charge in [0.15, 0.2) is 5.78 Å². The minimum absolute atomic E-state index is 0.0302. The second-order valence-electron chi connectivity index (χ2n) is 23.4. The zero-order valence-electron chi connectivity index (χ0n) is 39.5. The molecule has 1 aromatic carbocycles. The first kappa shape index (κ1) is 44.3. The average molecular weight is 861 g/mol. The highest BCUT2D eigenvalue weighted by molar-refractivity contribution is 6.00. The molecule has 2 aromatic heterocycles. The number of H-pyrrole nitrogens is 1. The van der Waals surface area contributed by atoms with E-state index in [0.717, 1.165) is 90.6 Å². The molecule has 63 heavy (non-hydrogen) atoms. The molecule has 10 heteroatoms. The van der Waals surface area contributed by atoms with Gasteiger partial charge >= 0.3 is 11.9 Å². The van der Waals surface area contributed by atoms with E-state index in [1.807, 2.05) is 45.2 Å². The highest BCUT2D eigenvalue weighted by atomic mass is 16.5. The van der Waals surface area contributed by atoms with Crippen molar-refractivity contribution in [2.45, 2.75) is 152 Å². The number of hydrogen-bond donors (Lipinski definition) is 4. The fourth-order valence-electron chi connectivity index (χ4n) is 15.7. The Morgan fingerprint density at radius 1 is 0.905 bits per heavy atom. The number of ether oxygens (including phenoxy) is 1. The zero-order valence-corrected chi connectivity index (χ0v) is 39.5. The van der Waals surface area contributed by atoms with Gasteiger partial charge in [-0.15, -0.1) is 0 Å². The highest BCUT2D eigenvalue weighted by Crippen LogP contribution is 2.77. The minimum Gasteiger partial charge on any atom is -0.481 e. The van der Waals surface area contributed by atoms with Gasteiger partial charge in [0, 0.05) is 47.8 Å². The number of aryl methyl sites for hydroxylation is 1. The number of Topliss-reactive ketones (excluding diaryl/α,β-unsaturated/α-hetero) is 1. The Morgan fingerprint density at radius 3 is 2.35 bits per heavy atom. The molecule has 0 unspecified atom stereocenters. The van der Waals surface area contributed by atoms with E-state index >= 15 is 0 Å². The first-order chi connectivity index (χ1) is 29.6. The van der Waals surface area contributed by atoms with Crippen LogP contribution in [0.1, 0.15) is 138 Å². The number of carboxylic acid groups (broad SMARTS) is 1. The number of fused-ring (bicyclic) bond motifs is 8. The smallest absolute Gasteiger partial charge is 0.309 e. The molecule has 10 nitrogen and oxygen atoms in total. The Balaban J connectivity index is 0.922. The number of nitrogens with one attached hydrogen (secondary N) is 2. The van der Waals surface area contributed by atoms with Gasteiger partial charge in [-0.25, -0.2) is 4.98 Å². The number of esters is 1. The van der Waals surface area contributed by atoms with Crippen LogP contribution in [0.15, 0.2) is 47.7 Å². The van der Waals surface area contributed by atoms with Gasteiger partial charge in [-0.1, -0.05) is 74.0 Å². The molecule has 0 bridgehead atoms. The number of carbonyl (C=O) groups excluding carboxylic acids is 2. The minimum atomic E-state index is -0.831. The third-order valence-electron chi connectivity index (χ3n) is 19.6. The molecule has 0 aliphatic heterocycles. The maximum Gasteiger partial charge on any atom is 0.309 e. The number of nitrogens with zero attached hydrogens (tertiary/aromatic N) is 2. The Kier molecular flexibility index (Phi) is 10.6. The number of benzene rings is 1. The number of aromatic nitrogens is 3. The average Bonchev–Trinajstić information content (AvgIpc) is 3.77. The molecule has 5 saturated carbocycles. The molecule has 6 aliphatic rings. The van der Waals surface area contributed by atoms with Crippen LogP contribution < -0.4 is 5.32 Å². The number of pyridine rings is 1. The lowest BCUT2D eigenvalue weighted by Gasteiger charge is -2.72. The molecule has 4 N–H and O–H groups in total. The molecule has 340 valence electrons. The molecule has 3 aromatic rings. The van der Waals surface area contributed by atoms with Crippen molar-refractivity contribution in [2.24, 2.45) is 68.0 Å². The number of aliphatic carboxylic acids is 1. The second kappa shape index (κ2) is 15.1. The van der Waals surface area contributed by atoms with Crippen molar-refractivity contribution in [2.75, 3.05) is 6.54 Å². The van der Waals surface area contributed by atoms with E-state index < -0.39 is 28.8 Å². The first-order valence-corrected chi connectivity index (χ1v) is 24.1. The lowest BCUT2D eigenvalue weighted by molar-refractivity contribution is -0.238. The van der Waals surface area contributed by atoms with Crippen LogP contribution in [0.25, 0.3) is 22.4 Å². The topological polar surface area (TPSA) is 154 Å². The summed E-state index contributed by atoms with van der Waals surface area (Å²) >= 11 is 0. The van der Waals surface area contributed by atoms with Gasteiger partial charge < -0.3 is 25.3 Å². The van der Waals surface area contributed by atoms with Crippen LogP contribution in [0.4, 0.5) is 0 Å². The molecule has 0 radical (unpaired) electrons. The SMILES string of the molecule is Cc1ccc(-c2nc3ccc(CNC[C@H](O)[C@@]45CC[C@]6(C)[C@H](CC[C@@H]7[C@@]8(C)CC[C@H](OC(=O)[C@H]9C[C@@H](C(=O)O)C9(C)C)C(C)(C)[C@@H]8CC[C@]76C)C4=C(C(C)C)C(=O)C5)cc3[nH]2)cn1. The van der Waals surface area contributed by atoms with E-state index in [2.05, 4.69) is 75.9 Å². The lowest BCUT2D eigenvalue weighted by Crippen LogP contribution is -2.66. The number of rotatable bonds is 10. The number of aliphatic hydroxyl groups is 1. The van der Waals surface area contributed by atoms with Crippen LogP contribution >= 0.6 is 0 Å². The maximum atomic E-state index is 14.3.